The van der Waals surface area contributed by atoms with Crippen molar-refractivity contribution in [1.82, 2.24) is 9.88 Å². The molecule has 1 amide bonds. The van der Waals surface area contributed by atoms with E-state index < -0.39 is 0 Å². The molecule has 0 fully saturated rings. The number of halogens is 1. The average Bonchev–Trinajstić information content (AvgIpc) is 2.49. The number of hydrogen-bond acceptors (Lipinski definition) is 2. The molecular weight excluding hydrogens is 288 g/mol. The molecule has 0 aliphatic rings. The van der Waals surface area contributed by atoms with Gasteiger partial charge in [0.1, 0.15) is 0 Å². The molecule has 21 heavy (non-hydrogen) atoms. The van der Waals surface area contributed by atoms with Crippen LogP contribution in [0.4, 0.5) is 0 Å². The number of carbonyl (C=O) groups is 1. The standard InChI is InChI=1S/C16H13ClN2O2/c1-2-9-18-16(21)13-5-8-15(20)19(11-13)10-12-3-6-14(17)7-4-12/h1,3-8,11H,9-10H2,(H,18,21). The monoisotopic (exact) mass is 300 g/mol. The van der Waals surface area contributed by atoms with E-state index in [1.807, 2.05) is 12.1 Å². The Morgan fingerprint density at radius 2 is 1.95 bits per heavy atom. The number of carbonyl (C=O) groups excluding carboxylic acids is 1. The van der Waals surface area contributed by atoms with E-state index in [2.05, 4.69) is 11.2 Å². The number of nitrogens with one attached hydrogen (secondary N) is 1. The second kappa shape index (κ2) is 6.78. The predicted molar refractivity (Wildman–Crippen MR) is 82.4 cm³/mol. The molecule has 0 unspecified atom stereocenters. The maximum Gasteiger partial charge on any atom is 0.253 e. The largest absolute Gasteiger partial charge is 0.341 e. The number of amides is 1. The van der Waals surface area contributed by atoms with Crippen LogP contribution in [0.1, 0.15) is 15.9 Å². The third kappa shape index (κ3) is 3.98. The molecule has 0 atom stereocenters. The molecule has 0 aliphatic carbocycles. The molecular formula is C16H13ClN2O2. The van der Waals surface area contributed by atoms with E-state index >= 15 is 0 Å². The van der Waals surface area contributed by atoms with Crippen LogP contribution < -0.4 is 10.9 Å². The number of rotatable bonds is 4. The van der Waals surface area contributed by atoms with Crippen molar-refractivity contribution in [3.63, 3.8) is 0 Å². The van der Waals surface area contributed by atoms with Crippen molar-refractivity contribution < 1.29 is 4.79 Å². The van der Waals surface area contributed by atoms with Crippen molar-refractivity contribution in [3.8, 4) is 12.3 Å². The zero-order valence-electron chi connectivity index (χ0n) is 11.2. The predicted octanol–water partition coefficient (Wildman–Crippen LogP) is 1.91. The smallest absolute Gasteiger partial charge is 0.253 e. The van der Waals surface area contributed by atoms with Crippen LogP contribution in [0.25, 0.3) is 0 Å². The van der Waals surface area contributed by atoms with Gasteiger partial charge in [0.05, 0.1) is 18.7 Å². The molecule has 0 saturated heterocycles. The second-order valence-electron chi connectivity index (χ2n) is 4.40. The molecule has 1 aromatic carbocycles. The third-order valence-corrected chi connectivity index (χ3v) is 3.11. The fourth-order valence-corrected chi connectivity index (χ4v) is 1.94. The topological polar surface area (TPSA) is 51.1 Å². The average molecular weight is 301 g/mol. The Morgan fingerprint density at radius 3 is 2.62 bits per heavy atom. The van der Waals surface area contributed by atoms with E-state index in [1.165, 1.54) is 22.9 Å². The van der Waals surface area contributed by atoms with Gasteiger partial charge in [0.15, 0.2) is 0 Å². The van der Waals surface area contributed by atoms with Gasteiger partial charge in [-0.2, -0.15) is 0 Å². The summed E-state index contributed by atoms with van der Waals surface area (Å²) >= 11 is 5.82. The van der Waals surface area contributed by atoms with Gasteiger partial charge in [-0.25, -0.2) is 0 Å². The summed E-state index contributed by atoms with van der Waals surface area (Å²) in [7, 11) is 0. The van der Waals surface area contributed by atoms with Crippen molar-refractivity contribution in [2.45, 2.75) is 6.54 Å². The summed E-state index contributed by atoms with van der Waals surface area (Å²) in [5, 5.41) is 3.19. The van der Waals surface area contributed by atoms with E-state index in [9.17, 15) is 9.59 Å². The third-order valence-electron chi connectivity index (χ3n) is 2.86. The molecule has 2 rings (SSSR count). The lowest BCUT2D eigenvalue weighted by Gasteiger charge is -2.08. The van der Waals surface area contributed by atoms with Gasteiger partial charge in [-0.3, -0.25) is 9.59 Å². The van der Waals surface area contributed by atoms with Crippen molar-refractivity contribution in [2.24, 2.45) is 0 Å². The Bertz CT molecular complexity index is 742. The van der Waals surface area contributed by atoms with Crippen molar-refractivity contribution in [1.29, 1.82) is 0 Å². The van der Waals surface area contributed by atoms with E-state index in [1.54, 1.807) is 12.1 Å². The quantitative estimate of drug-likeness (QED) is 0.877. The summed E-state index contributed by atoms with van der Waals surface area (Å²) in [5.41, 5.74) is 1.12. The highest BCUT2D eigenvalue weighted by Crippen LogP contribution is 2.10. The molecule has 0 spiro atoms. The fourth-order valence-electron chi connectivity index (χ4n) is 1.81. The maximum atomic E-state index is 11.9. The Hall–Kier alpha value is -2.51. The first-order valence-electron chi connectivity index (χ1n) is 6.27. The molecule has 0 saturated carbocycles. The Labute approximate surface area is 127 Å². The Kier molecular flexibility index (Phi) is 4.81. The minimum absolute atomic E-state index is 0.148. The summed E-state index contributed by atoms with van der Waals surface area (Å²) < 4.78 is 1.47. The number of aromatic nitrogens is 1. The summed E-state index contributed by atoms with van der Waals surface area (Å²) in [4.78, 5) is 23.7. The molecule has 1 aromatic heterocycles. The van der Waals surface area contributed by atoms with Crippen LogP contribution in [0.5, 0.6) is 0 Å². The lowest BCUT2D eigenvalue weighted by Crippen LogP contribution is -2.27. The van der Waals surface area contributed by atoms with E-state index in [0.717, 1.165) is 5.56 Å². The van der Waals surface area contributed by atoms with Crippen molar-refractivity contribution in [3.05, 3.63) is 69.1 Å². The van der Waals surface area contributed by atoms with Crippen molar-refractivity contribution in [2.75, 3.05) is 6.54 Å². The van der Waals surface area contributed by atoms with Crippen molar-refractivity contribution >= 4 is 17.5 Å². The normalized spacial score (nSPS) is 9.90. The first-order valence-corrected chi connectivity index (χ1v) is 6.64. The molecule has 106 valence electrons. The van der Waals surface area contributed by atoms with Gasteiger partial charge in [0.2, 0.25) is 0 Å². The van der Waals surface area contributed by atoms with Gasteiger partial charge in [-0.1, -0.05) is 29.7 Å². The van der Waals surface area contributed by atoms with E-state index in [0.29, 0.717) is 17.1 Å². The van der Waals surface area contributed by atoms with Crippen LogP contribution in [0.3, 0.4) is 0 Å². The lowest BCUT2D eigenvalue weighted by molar-refractivity contribution is 0.0958. The van der Waals surface area contributed by atoms with Crippen LogP contribution in [-0.2, 0) is 6.54 Å². The first kappa shape index (κ1) is 14.9. The van der Waals surface area contributed by atoms with Gasteiger partial charge in [0, 0.05) is 17.3 Å². The summed E-state index contributed by atoms with van der Waals surface area (Å²) in [6.45, 7) is 0.515. The molecule has 1 N–H and O–H groups in total. The molecule has 0 radical (unpaired) electrons. The minimum atomic E-state index is -0.308. The summed E-state index contributed by atoms with van der Waals surface area (Å²) in [6, 6.07) is 10.0. The SMILES string of the molecule is C#CCNC(=O)c1ccc(=O)n(Cc2ccc(Cl)cc2)c1. The zero-order chi connectivity index (χ0) is 15.2. The number of pyridine rings is 1. The van der Waals surface area contributed by atoms with Crippen LogP contribution >= 0.6 is 11.6 Å². The number of hydrogen-bond donors (Lipinski definition) is 1. The summed E-state index contributed by atoms with van der Waals surface area (Å²) in [6.07, 6.45) is 6.61. The fraction of sp³-hybridized carbons (Fsp3) is 0.125. The molecule has 5 heteroatoms. The first-order chi connectivity index (χ1) is 10.1. The van der Waals surface area contributed by atoms with E-state index in [-0.39, 0.29) is 18.0 Å². The van der Waals surface area contributed by atoms with Gasteiger partial charge in [-0.05, 0) is 23.8 Å². The Balaban J connectivity index is 2.23. The number of benzene rings is 1. The van der Waals surface area contributed by atoms with E-state index in [4.69, 9.17) is 18.0 Å². The zero-order valence-corrected chi connectivity index (χ0v) is 11.9. The number of terminal acetylenes is 1. The van der Waals surface area contributed by atoms with Gasteiger partial charge >= 0.3 is 0 Å². The van der Waals surface area contributed by atoms with Crippen LogP contribution in [0, 0.1) is 12.3 Å². The van der Waals surface area contributed by atoms with Gasteiger partial charge in [-0.15, -0.1) is 6.42 Å². The van der Waals surface area contributed by atoms with Crippen LogP contribution in [-0.4, -0.2) is 17.0 Å². The van der Waals surface area contributed by atoms with Crippen LogP contribution in [0.15, 0.2) is 47.4 Å². The van der Waals surface area contributed by atoms with Crippen LogP contribution in [0.2, 0.25) is 5.02 Å². The maximum absolute atomic E-state index is 11.9. The molecule has 2 aromatic rings. The minimum Gasteiger partial charge on any atom is -0.341 e. The second-order valence-corrected chi connectivity index (χ2v) is 4.83. The highest BCUT2D eigenvalue weighted by Gasteiger charge is 2.07. The summed E-state index contributed by atoms with van der Waals surface area (Å²) in [5.74, 6) is 2.02. The van der Waals surface area contributed by atoms with Gasteiger partial charge in [0.25, 0.3) is 11.5 Å². The number of nitrogens with zero attached hydrogens (tertiary/aromatic N) is 1. The highest BCUT2D eigenvalue weighted by atomic mass is 35.5. The highest BCUT2D eigenvalue weighted by molar-refractivity contribution is 6.30. The van der Waals surface area contributed by atoms with Gasteiger partial charge < -0.3 is 9.88 Å². The molecule has 1 heterocycles. The Morgan fingerprint density at radius 1 is 1.24 bits per heavy atom. The molecule has 0 bridgehead atoms. The lowest BCUT2D eigenvalue weighted by atomic mass is 10.2. The molecule has 0 aliphatic heterocycles. The molecule has 4 nitrogen and oxygen atoms in total.